The van der Waals surface area contributed by atoms with Crippen LogP contribution >= 0.6 is 0 Å². The predicted octanol–water partition coefficient (Wildman–Crippen LogP) is 8.11. The Morgan fingerprint density at radius 3 is 1.84 bits per heavy atom. The van der Waals surface area contributed by atoms with Crippen molar-refractivity contribution < 1.29 is 31.8 Å². The third-order valence-electron chi connectivity index (χ3n) is 7.73. The molecule has 7 heteroatoms. The van der Waals surface area contributed by atoms with E-state index >= 15 is 0 Å². The molecule has 2 aromatic rings. The lowest BCUT2D eigenvalue weighted by Gasteiger charge is -2.30. The van der Waals surface area contributed by atoms with Gasteiger partial charge in [-0.15, -0.1) is 0 Å². The van der Waals surface area contributed by atoms with Crippen molar-refractivity contribution in [1.29, 1.82) is 0 Å². The Balaban J connectivity index is 1.30. The maximum absolute atomic E-state index is 14.9. The summed E-state index contributed by atoms with van der Waals surface area (Å²) >= 11 is 0. The summed E-state index contributed by atoms with van der Waals surface area (Å²) in [6.45, 7) is 6.22. The smallest absolute Gasteiger partial charge is 0.200 e. The Labute approximate surface area is 216 Å². The molecule has 4 rings (SSSR count). The van der Waals surface area contributed by atoms with Gasteiger partial charge in [0, 0.05) is 12.2 Å². The van der Waals surface area contributed by atoms with Crippen LogP contribution in [0.5, 0.6) is 5.75 Å². The maximum atomic E-state index is 14.9. The molecule has 0 aliphatic heterocycles. The summed E-state index contributed by atoms with van der Waals surface area (Å²) < 4.78 is 75.5. The van der Waals surface area contributed by atoms with Crippen LogP contribution < -0.4 is 4.74 Å². The first-order valence-electron chi connectivity index (χ1n) is 13.3. The highest BCUT2D eigenvalue weighted by Crippen LogP contribution is 2.39. The summed E-state index contributed by atoms with van der Waals surface area (Å²) in [6.07, 6.45) is 7.33. The lowest BCUT2D eigenvalue weighted by atomic mass is 9.82. The standard InChI is InChI=1S/C30H36F4O3/c1-3-17-36-26-16-15-25(29(33)30(26)34)20-7-12-23(13-8-20)37-18-21-9-14-24(28(32)27(21)31)19-5-10-22(11-6-19)35-4-2/h3,9,14-16,19-20,22-23H,1,4-8,10-13,17-18H2,2H3. The molecule has 37 heavy (non-hydrogen) atoms. The van der Waals surface area contributed by atoms with Gasteiger partial charge in [0.05, 0.1) is 18.8 Å². The maximum Gasteiger partial charge on any atom is 0.200 e. The van der Waals surface area contributed by atoms with Crippen LogP contribution in [0.2, 0.25) is 0 Å². The summed E-state index contributed by atoms with van der Waals surface area (Å²) in [5.74, 6) is -3.73. The molecule has 0 saturated heterocycles. The molecule has 3 nitrogen and oxygen atoms in total. The van der Waals surface area contributed by atoms with Gasteiger partial charge < -0.3 is 14.2 Å². The van der Waals surface area contributed by atoms with E-state index in [1.807, 2.05) is 6.92 Å². The van der Waals surface area contributed by atoms with Gasteiger partial charge in [0.1, 0.15) is 6.61 Å². The number of hydrogen-bond donors (Lipinski definition) is 0. The molecular formula is C30H36F4O3. The van der Waals surface area contributed by atoms with Gasteiger partial charge in [0.15, 0.2) is 23.2 Å². The highest BCUT2D eigenvalue weighted by atomic mass is 19.2. The quantitative estimate of drug-likeness (QED) is 0.234. The monoisotopic (exact) mass is 520 g/mol. The average molecular weight is 521 g/mol. The Kier molecular flexibility index (Phi) is 9.65. The molecule has 2 saturated carbocycles. The van der Waals surface area contributed by atoms with Gasteiger partial charge in [0.25, 0.3) is 0 Å². The average Bonchev–Trinajstić information content (AvgIpc) is 2.92. The first kappa shape index (κ1) is 27.6. The topological polar surface area (TPSA) is 27.7 Å². The Bertz CT molecular complexity index is 1060. The molecule has 0 bridgehead atoms. The Morgan fingerprint density at radius 1 is 0.730 bits per heavy atom. The third-order valence-corrected chi connectivity index (χ3v) is 7.73. The first-order valence-corrected chi connectivity index (χ1v) is 13.3. The molecule has 0 atom stereocenters. The van der Waals surface area contributed by atoms with E-state index < -0.39 is 23.3 Å². The summed E-state index contributed by atoms with van der Waals surface area (Å²) in [6, 6.07) is 6.35. The van der Waals surface area contributed by atoms with Gasteiger partial charge in [0.2, 0.25) is 5.82 Å². The molecule has 0 spiro atoms. The van der Waals surface area contributed by atoms with Crippen molar-refractivity contribution >= 4 is 0 Å². The molecule has 0 amide bonds. The van der Waals surface area contributed by atoms with Crippen LogP contribution in [-0.2, 0) is 16.1 Å². The molecule has 2 aromatic carbocycles. The van der Waals surface area contributed by atoms with E-state index in [9.17, 15) is 17.6 Å². The van der Waals surface area contributed by atoms with Crippen LogP contribution in [0.15, 0.2) is 36.9 Å². The molecule has 0 radical (unpaired) electrons. The zero-order valence-electron chi connectivity index (χ0n) is 21.4. The number of benzene rings is 2. The van der Waals surface area contributed by atoms with Crippen LogP contribution in [0, 0.1) is 23.3 Å². The van der Waals surface area contributed by atoms with Crippen LogP contribution in [0.4, 0.5) is 17.6 Å². The van der Waals surface area contributed by atoms with Crippen molar-refractivity contribution in [2.24, 2.45) is 0 Å². The fraction of sp³-hybridized carbons (Fsp3) is 0.533. The molecular weight excluding hydrogens is 484 g/mol. The van der Waals surface area contributed by atoms with Crippen molar-refractivity contribution in [1.82, 2.24) is 0 Å². The summed E-state index contributed by atoms with van der Waals surface area (Å²) in [5.41, 5.74) is 0.974. The van der Waals surface area contributed by atoms with Crippen LogP contribution in [0.25, 0.3) is 0 Å². The second-order valence-electron chi connectivity index (χ2n) is 10.0. The minimum absolute atomic E-state index is 0.00398. The van der Waals surface area contributed by atoms with E-state index in [-0.39, 0.29) is 48.6 Å². The third kappa shape index (κ3) is 6.55. The number of rotatable bonds is 10. The second-order valence-corrected chi connectivity index (χ2v) is 10.0. The van der Waals surface area contributed by atoms with Crippen molar-refractivity contribution in [3.8, 4) is 5.75 Å². The molecule has 2 aliphatic carbocycles. The SMILES string of the molecule is C=CCOc1ccc(C2CCC(OCc3ccc(C4CCC(OCC)CC4)c(F)c3F)CC2)c(F)c1F. The molecule has 2 fully saturated rings. The largest absolute Gasteiger partial charge is 0.486 e. The lowest BCUT2D eigenvalue weighted by molar-refractivity contribution is 0.0116. The fourth-order valence-corrected chi connectivity index (χ4v) is 5.68. The molecule has 0 heterocycles. The minimum Gasteiger partial charge on any atom is -0.486 e. The minimum atomic E-state index is -0.985. The zero-order valence-corrected chi connectivity index (χ0v) is 21.4. The van der Waals surface area contributed by atoms with Crippen LogP contribution in [-0.4, -0.2) is 25.4 Å². The van der Waals surface area contributed by atoms with E-state index in [0.29, 0.717) is 43.4 Å². The number of ether oxygens (including phenoxy) is 3. The Morgan fingerprint density at radius 2 is 1.27 bits per heavy atom. The highest BCUT2D eigenvalue weighted by Gasteiger charge is 2.29. The van der Waals surface area contributed by atoms with Gasteiger partial charge in [-0.05, 0) is 87.3 Å². The lowest BCUT2D eigenvalue weighted by Crippen LogP contribution is -2.22. The van der Waals surface area contributed by atoms with Gasteiger partial charge in [-0.3, -0.25) is 0 Å². The zero-order chi connectivity index (χ0) is 26.4. The van der Waals surface area contributed by atoms with E-state index in [0.717, 1.165) is 25.7 Å². The van der Waals surface area contributed by atoms with Crippen LogP contribution in [0.3, 0.4) is 0 Å². The fourth-order valence-electron chi connectivity index (χ4n) is 5.68. The molecule has 202 valence electrons. The van der Waals surface area contributed by atoms with Crippen LogP contribution in [0.1, 0.15) is 86.8 Å². The van der Waals surface area contributed by atoms with E-state index in [4.69, 9.17) is 14.2 Å². The number of hydrogen-bond acceptors (Lipinski definition) is 3. The number of halogens is 4. The van der Waals surface area contributed by atoms with E-state index in [2.05, 4.69) is 6.58 Å². The van der Waals surface area contributed by atoms with Gasteiger partial charge in [-0.2, -0.15) is 4.39 Å². The molecule has 0 N–H and O–H groups in total. The van der Waals surface area contributed by atoms with Crippen molar-refractivity contribution in [3.63, 3.8) is 0 Å². The highest BCUT2D eigenvalue weighted by molar-refractivity contribution is 5.33. The molecule has 0 unspecified atom stereocenters. The van der Waals surface area contributed by atoms with Gasteiger partial charge >= 0.3 is 0 Å². The summed E-state index contributed by atoms with van der Waals surface area (Å²) in [5, 5.41) is 0. The second kappa shape index (κ2) is 12.9. The first-order chi connectivity index (χ1) is 17.9. The van der Waals surface area contributed by atoms with E-state index in [1.165, 1.54) is 12.1 Å². The summed E-state index contributed by atoms with van der Waals surface area (Å²) in [7, 11) is 0. The van der Waals surface area contributed by atoms with Crippen molar-refractivity contribution in [2.45, 2.75) is 88.9 Å². The van der Waals surface area contributed by atoms with Gasteiger partial charge in [-0.1, -0.05) is 30.9 Å². The van der Waals surface area contributed by atoms with Crippen molar-refractivity contribution in [3.05, 3.63) is 76.9 Å². The summed E-state index contributed by atoms with van der Waals surface area (Å²) in [4.78, 5) is 0. The Hall–Kier alpha value is -2.38. The normalized spacial score (nSPS) is 24.1. The molecule has 0 aromatic heterocycles. The van der Waals surface area contributed by atoms with Crippen molar-refractivity contribution in [2.75, 3.05) is 13.2 Å². The van der Waals surface area contributed by atoms with Gasteiger partial charge in [-0.25, -0.2) is 13.2 Å². The predicted molar refractivity (Wildman–Crippen MR) is 135 cm³/mol. The van der Waals surface area contributed by atoms with E-state index in [1.54, 1.807) is 18.2 Å². The molecule has 2 aliphatic rings.